The molecule has 3 aromatic rings. The Morgan fingerprint density at radius 2 is 1.89 bits per heavy atom. The van der Waals surface area contributed by atoms with E-state index in [4.69, 9.17) is 10.4 Å². The van der Waals surface area contributed by atoms with Crippen LogP contribution in [-0.2, 0) is 0 Å². The molecule has 5 nitrogen and oxygen atoms in total. The Hall–Kier alpha value is -2.08. The molecule has 96 valence electrons. The summed E-state index contributed by atoms with van der Waals surface area (Å²) >= 11 is 3.51. The summed E-state index contributed by atoms with van der Waals surface area (Å²) in [6, 6.07) is 9.60. The Morgan fingerprint density at radius 3 is 2.74 bits per heavy atom. The van der Waals surface area contributed by atoms with Gasteiger partial charge in [0.1, 0.15) is 0 Å². The normalized spacial score (nSPS) is 10.8. The summed E-state index contributed by atoms with van der Waals surface area (Å²) in [6.07, 6.45) is 0. The average molecular weight is 319 g/mol. The van der Waals surface area contributed by atoms with Crippen LogP contribution >= 0.6 is 15.9 Å². The average Bonchev–Trinajstić information content (AvgIpc) is 2.88. The third-order valence-corrected chi connectivity index (χ3v) is 3.84. The summed E-state index contributed by atoms with van der Waals surface area (Å²) in [7, 11) is 0. The first-order valence-corrected chi connectivity index (χ1v) is 6.49. The second kappa shape index (κ2) is 4.55. The standard InChI is InChI=1S/C13H11BrN4O/c1-7-8(14)3-2-4-10(7)16-11-6-5-9(15)12-13(11)18-19-17-12/h2-6,16H,15H2,1H3. The molecule has 2 aromatic carbocycles. The number of halogens is 1. The van der Waals surface area contributed by atoms with Crippen molar-refractivity contribution in [1.29, 1.82) is 0 Å². The van der Waals surface area contributed by atoms with Gasteiger partial charge in [0, 0.05) is 10.2 Å². The second-order valence-corrected chi connectivity index (χ2v) is 5.06. The molecule has 0 spiro atoms. The van der Waals surface area contributed by atoms with Gasteiger partial charge in [-0.15, -0.1) is 0 Å². The van der Waals surface area contributed by atoms with Crippen LogP contribution < -0.4 is 11.1 Å². The monoisotopic (exact) mass is 318 g/mol. The summed E-state index contributed by atoms with van der Waals surface area (Å²) in [5.41, 5.74) is 10.5. The van der Waals surface area contributed by atoms with E-state index in [1.807, 2.05) is 31.2 Å². The molecule has 19 heavy (non-hydrogen) atoms. The minimum Gasteiger partial charge on any atom is -0.397 e. The van der Waals surface area contributed by atoms with E-state index in [2.05, 4.69) is 31.6 Å². The van der Waals surface area contributed by atoms with Gasteiger partial charge in [-0.25, -0.2) is 4.63 Å². The summed E-state index contributed by atoms with van der Waals surface area (Å²) in [5.74, 6) is 0. The zero-order valence-corrected chi connectivity index (χ0v) is 11.7. The van der Waals surface area contributed by atoms with Crippen LogP contribution in [0, 0.1) is 6.92 Å². The quantitative estimate of drug-likeness (QED) is 0.706. The number of anilines is 3. The van der Waals surface area contributed by atoms with Crippen LogP contribution in [0.2, 0.25) is 0 Å². The zero-order valence-electron chi connectivity index (χ0n) is 10.1. The number of hydrogen-bond acceptors (Lipinski definition) is 5. The first-order valence-electron chi connectivity index (χ1n) is 5.69. The summed E-state index contributed by atoms with van der Waals surface area (Å²) in [5, 5.41) is 11.0. The van der Waals surface area contributed by atoms with E-state index in [9.17, 15) is 0 Å². The molecule has 1 heterocycles. The highest BCUT2D eigenvalue weighted by Crippen LogP contribution is 2.31. The number of rotatable bonds is 2. The molecule has 0 aliphatic heterocycles. The highest BCUT2D eigenvalue weighted by molar-refractivity contribution is 9.10. The fourth-order valence-corrected chi connectivity index (χ4v) is 2.24. The maximum Gasteiger partial charge on any atom is 0.160 e. The molecule has 0 radical (unpaired) electrons. The number of hydrogen-bond donors (Lipinski definition) is 2. The number of aromatic nitrogens is 2. The van der Waals surface area contributed by atoms with Gasteiger partial charge in [-0.05, 0) is 47.1 Å². The molecule has 0 saturated carbocycles. The number of fused-ring (bicyclic) bond motifs is 1. The second-order valence-electron chi connectivity index (χ2n) is 4.20. The van der Waals surface area contributed by atoms with Gasteiger partial charge in [-0.2, -0.15) is 0 Å². The molecule has 3 N–H and O–H groups in total. The first kappa shape index (κ1) is 12.0. The summed E-state index contributed by atoms with van der Waals surface area (Å²) in [4.78, 5) is 0. The van der Waals surface area contributed by atoms with Crippen molar-refractivity contribution in [3.63, 3.8) is 0 Å². The Bertz CT molecular complexity index is 753. The highest BCUT2D eigenvalue weighted by Gasteiger charge is 2.11. The van der Waals surface area contributed by atoms with Crippen LogP contribution in [0.4, 0.5) is 17.1 Å². The maximum absolute atomic E-state index is 5.82. The van der Waals surface area contributed by atoms with Crippen LogP contribution in [0.3, 0.4) is 0 Å². The van der Waals surface area contributed by atoms with Gasteiger partial charge in [-0.3, -0.25) is 0 Å². The highest BCUT2D eigenvalue weighted by atomic mass is 79.9. The SMILES string of the molecule is Cc1c(Br)cccc1Nc1ccc(N)c2nonc12. The van der Waals surface area contributed by atoms with Crippen molar-refractivity contribution in [3.05, 3.63) is 40.4 Å². The molecule has 0 amide bonds. The number of nitrogens with zero attached hydrogens (tertiary/aromatic N) is 2. The lowest BCUT2D eigenvalue weighted by atomic mass is 10.2. The predicted molar refractivity (Wildman–Crippen MR) is 78.4 cm³/mol. The molecule has 0 saturated heterocycles. The number of nitrogens with one attached hydrogen (secondary N) is 1. The van der Waals surface area contributed by atoms with Gasteiger partial charge < -0.3 is 11.1 Å². The van der Waals surface area contributed by atoms with Crippen LogP contribution in [0.15, 0.2) is 39.4 Å². The Kier molecular flexibility index (Phi) is 2.87. The van der Waals surface area contributed by atoms with Gasteiger partial charge in [0.05, 0.1) is 11.4 Å². The van der Waals surface area contributed by atoms with Gasteiger partial charge in [-0.1, -0.05) is 22.0 Å². The Morgan fingerprint density at radius 1 is 1.11 bits per heavy atom. The van der Waals surface area contributed by atoms with Crippen molar-refractivity contribution >= 4 is 44.0 Å². The topological polar surface area (TPSA) is 77.0 Å². The molecule has 3 rings (SSSR count). The number of benzene rings is 2. The van der Waals surface area contributed by atoms with Crippen LogP contribution in [0.25, 0.3) is 11.0 Å². The Labute approximate surface area is 117 Å². The summed E-state index contributed by atoms with van der Waals surface area (Å²) in [6.45, 7) is 2.03. The van der Waals surface area contributed by atoms with Crippen LogP contribution in [-0.4, -0.2) is 10.3 Å². The molecule has 6 heteroatoms. The van der Waals surface area contributed by atoms with Gasteiger partial charge in [0.15, 0.2) is 11.0 Å². The largest absolute Gasteiger partial charge is 0.397 e. The minimum atomic E-state index is 0.549. The molecular formula is C13H11BrN4O. The van der Waals surface area contributed by atoms with Crippen molar-refractivity contribution in [2.24, 2.45) is 0 Å². The van der Waals surface area contributed by atoms with E-state index in [0.29, 0.717) is 16.7 Å². The minimum absolute atomic E-state index is 0.549. The van der Waals surface area contributed by atoms with E-state index in [1.54, 1.807) is 6.07 Å². The fraction of sp³-hybridized carbons (Fsp3) is 0.0769. The lowest BCUT2D eigenvalue weighted by molar-refractivity contribution is 0.316. The molecule has 0 aliphatic carbocycles. The van der Waals surface area contributed by atoms with Crippen molar-refractivity contribution in [3.8, 4) is 0 Å². The van der Waals surface area contributed by atoms with Gasteiger partial charge in [0.25, 0.3) is 0 Å². The Balaban J connectivity index is 2.09. The van der Waals surface area contributed by atoms with E-state index in [1.165, 1.54) is 0 Å². The van der Waals surface area contributed by atoms with Gasteiger partial charge in [0.2, 0.25) is 0 Å². The fourth-order valence-electron chi connectivity index (χ4n) is 1.87. The van der Waals surface area contributed by atoms with E-state index in [-0.39, 0.29) is 0 Å². The van der Waals surface area contributed by atoms with E-state index in [0.717, 1.165) is 21.4 Å². The predicted octanol–water partition coefficient (Wildman–Crippen LogP) is 3.62. The molecule has 0 atom stereocenters. The van der Waals surface area contributed by atoms with Crippen LogP contribution in [0.1, 0.15) is 5.56 Å². The zero-order chi connectivity index (χ0) is 13.4. The molecule has 1 aromatic heterocycles. The van der Waals surface area contributed by atoms with Crippen molar-refractivity contribution in [1.82, 2.24) is 10.3 Å². The summed E-state index contributed by atoms with van der Waals surface area (Å²) < 4.78 is 5.79. The molecule has 0 bridgehead atoms. The third kappa shape index (κ3) is 2.04. The number of nitrogens with two attached hydrogens (primary N) is 1. The van der Waals surface area contributed by atoms with Crippen LogP contribution in [0.5, 0.6) is 0 Å². The lowest BCUT2D eigenvalue weighted by Gasteiger charge is -2.11. The third-order valence-electron chi connectivity index (χ3n) is 2.98. The molecule has 0 fully saturated rings. The van der Waals surface area contributed by atoms with Crippen molar-refractivity contribution in [2.45, 2.75) is 6.92 Å². The molecule has 0 aliphatic rings. The molecule has 0 unspecified atom stereocenters. The van der Waals surface area contributed by atoms with E-state index < -0.39 is 0 Å². The smallest absolute Gasteiger partial charge is 0.160 e. The van der Waals surface area contributed by atoms with E-state index >= 15 is 0 Å². The maximum atomic E-state index is 5.82. The number of nitrogen functional groups attached to an aromatic ring is 1. The molecular weight excluding hydrogens is 308 g/mol. The van der Waals surface area contributed by atoms with Crippen molar-refractivity contribution < 1.29 is 4.63 Å². The first-order chi connectivity index (χ1) is 9.16. The lowest BCUT2D eigenvalue weighted by Crippen LogP contribution is -1.96. The van der Waals surface area contributed by atoms with Gasteiger partial charge >= 0.3 is 0 Å². The van der Waals surface area contributed by atoms with Crippen molar-refractivity contribution in [2.75, 3.05) is 11.1 Å².